The second-order valence-electron chi connectivity index (χ2n) is 4.82. The van der Waals surface area contributed by atoms with E-state index in [1.807, 2.05) is 26.8 Å². The van der Waals surface area contributed by atoms with Crippen LogP contribution >= 0.6 is 0 Å². The third-order valence-corrected chi connectivity index (χ3v) is 2.76. The first-order chi connectivity index (χ1) is 9.58. The van der Waals surface area contributed by atoms with Crippen LogP contribution in [-0.2, 0) is 0 Å². The molecule has 20 heavy (non-hydrogen) atoms. The lowest BCUT2D eigenvalue weighted by Crippen LogP contribution is -2.11. The minimum atomic E-state index is -0.0444. The number of aryl methyl sites for hydroxylation is 2. The summed E-state index contributed by atoms with van der Waals surface area (Å²) < 4.78 is 5.51. The lowest BCUT2D eigenvalue weighted by atomic mass is 10.3. The summed E-state index contributed by atoms with van der Waals surface area (Å²) >= 11 is 0. The zero-order chi connectivity index (χ0) is 14.5. The molecule has 6 nitrogen and oxygen atoms in total. The third-order valence-electron chi connectivity index (χ3n) is 2.76. The van der Waals surface area contributed by atoms with Crippen LogP contribution in [0.1, 0.15) is 43.7 Å². The van der Waals surface area contributed by atoms with Gasteiger partial charge in [0.1, 0.15) is 17.6 Å². The highest BCUT2D eigenvalue weighted by Gasteiger charge is 2.12. The van der Waals surface area contributed by atoms with E-state index in [2.05, 4.69) is 32.5 Å². The summed E-state index contributed by atoms with van der Waals surface area (Å²) in [4.78, 5) is 13.0. The van der Waals surface area contributed by atoms with E-state index in [0.717, 1.165) is 30.2 Å². The van der Waals surface area contributed by atoms with E-state index in [0.29, 0.717) is 11.8 Å². The van der Waals surface area contributed by atoms with Crippen molar-refractivity contribution >= 4 is 11.8 Å². The van der Waals surface area contributed by atoms with E-state index >= 15 is 0 Å². The Balaban J connectivity index is 2.10. The first kappa shape index (κ1) is 14.3. The second-order valence-corrected chi connectivity index (χ2v) is 4.82. The highest BCUT2D eigenvalue weighted by atomic mass is 16.4. The summed E-state index contributed by atoms with van der Waals surface area (Å²) in [5.41, 5.74) is 0.914. The molecule has 6 heteroatoms. The van der Waals surface area contributed by atoms with Crippen molar-refractivity contribution in [3.8, 4) is 0 Å². The van der Waals surface area contributed by atoms with Gasteiger partial charge in [0, 0.05) is 18.3 Å². The Morgan fingerprint density at radius 3 is 2.75 bits per heavy atom. The van der Waals surface area contributed by atoms with Crippen LogP contribution in [0.25, 0.3) is 0 Å². The molecule has 0 spiro atoms. The molecule has 2 aromatic heterocycles. The molecule has 108 valence electrons. The van der Waals surface area contributed by atoms with Crippen LogP contribution < -0.4 is 10.6 Å². The Labute approximate surface area is 119 Å². The van der Waals surface area contributed by atoms with Crippen molar-refractivity contribution in [3.05, 3.63) is 29.6 Å². The van der Waals surface area contributed by atoms with E-state index in [4.69, 9.17) is 4.42 Å². The third kappa shape index (κ3) is 3.69. The minimum absolute atomic E-state index is 0.0444. The molecule has 0 aliphatic carbocycles. The molecule has 2 rings (SSSR count). The Kier molecular flexibility index (Phi) is 4.55. The molecule has 0 radical (unpaired) electrons. The van der Waals surface area contributed by atoms with Crippen molar-refractivity contribution in [2.45, 2.75) is 40.2 Å². The van der Waals surface area contributed by atoms with Gasteiger partial charge in [-0.3, -0.25) is 0 Å². The van der Waals surface area contributed by atoms with Crippen LogP contribution in [-0.4, -0.2) is 21.5 Å². The molecule has 0 saturated carbocycles. The summed E-state index contributed by atoms with van der Waals surface area (Å²) in [6.07, 6.45) is 2.75. The Bertz CT molecular complexity index is 566. The van der Waals surface area contributed by atoms with Gasteiger partial charge >= 0.3 is 0 Å². The fourth-order valence-electron chi connectivity index (χ4n) is 1.81. The molecule has 0 bridgehead atoms. The van der Waals surface area contributed by atoms with Crippen molar-refractivity contribution in [2.24, 2.45) is 0 Å². The molecule has 1 atom stereocenters. The number of hydrogen-bond acceptors (Lipinski definition) is 6. The van der Waals surface area contributed by atoms with Crippen molar-refractivity contribution < 1.29 is 4.42 Å². The summed E-state index contributed by atoms with van der Waals surface area (Å²) in [5, 5.41) is 6.47. The van der Waals surface area contributed by atoms with E-state index in [1.165, 1.54) is 0 Å². The number of aromatic nitrogens is 3. The fourth-order valence-corrected chi connectivity index (χ4v) is 1.81. The zero-order valence-corrected chi connectivity index (χ0v) is 12.4. The Morgan fingerprint density at radius 1 is 1.30 bits per heavy atom. The van der Waals surface area contributed by atoms with E-state index < -0.39 is 0 Å². The molecule has 0 aliphatic rings. The van der Waals surface area contributed by atoms with Gasteiger partial charge in [-0.2, -0.15) is 4.98 Å². The summed E-state index contributed by atoms with van der Waals surface area (Å²) in [7, 11) is 0. The maximum Gasteiger partial charge on any atom is 0.224 e. The highest BCUT2D eigenvalue weighted by Crippen LogP contribution is 2.19. The van der Waals surface area contributed by atoms with Crippen LogP contribution in [0.2, 0.25) is 0 Å². The SMILES string of the molecule is CCCNc1nc(C)cc(NC(C)c2ncc(C)o2)n1. The van der Waals surface area contributed by atoms with E-state index in [1.54, 1.807) is 6.20 Å². The van der Waals surface area contributed by atoms with Gasteiger partial charge < -0.3 is 15.1 Å². The van der Waals surface area contributed by atoms with Crippen molar-refractivity contribution in [1.82, 2.24) is 15.0 Å². The van der Waals surface area contributed by atoms with Crippen molar-refractivity contribution in [1.29, 1.82) is 0 Å². The quantitative estimate of drug-likeness (QED) is 0.843. The van der Waals surface area contributed by atoms with Crippen LogP contribution in [0, 0.1) is 13.8 Å². The van der Waals surface area contributed by atoms with Gasteiger partial charge in [-0.05, 0) is 27.2 Å². The molecule has 0 aliphatic heterocycles. The van der Waals surface area contributed by atoms with Gasteiger partial charge in [0.15, 0.2) is 0 Å². The fraction of sp³-hybridized carbons (Fsp3) is 0.500. The highest BCUT2D eigenvalue weighted by molar-refractivity contribution is 5.43. The predicted octanol–water partition coefficient (Wildman–Crippen LogP) is 3.08. The van der Waals surface area contributed by atoms with Gasteiger partial charge in [-0.15, -0.1) is 0 Å². The normalized spacial score (nSPS) is 12.2. The summed E-state index contributed by atoms with van der Waals surface area (Å²) in [6, 6.07) is 1.86. The van der Waals surface area contributed by atoms with Crippen molar-refractivity contribution in [2.75, 3.05) is 17.2 Å². The average molecular weight is 275 g/mol. The molecule has 2 heterocycles. The smallest absolute Gasteiger partial charge is 0.224 e. The topological polar surface area (TPSA) is 75.9 Å². The van der Waals surface area contributed by atoms with Crippen LogP contribution in [0.15, 0.2) is 16.7 Å². The number of nitrogens with zero attached hydrogens (tertiary/aromatic N) is 3. The first-order valence-electron chi connectivity index (χ1n) is 6.87. The Hall–Kier alpha value is -2.11. The van der Waals surface area contributed by atoms with Gasteiger partial charge in [-0.25, -0.2) is 9.97 Å². The predicted molar refractivity (Wildman–Crippen MR) is 78.8 cm³/mol. The minimum Gasteiger partial charge on any atom is -0.444 e. The van der Waals surface area contributed by atoms with E-state index in [-0.39, 0.29) is 6.04 Å². The number of hydrogen-bond donors (Lipinski definition) is 2. The van der Waals surface area contributed by atoms with Gasteiger partial charge in [0.25, 0.3) is 0 Å². The largest absolute Gasteiger partial charge is 0.444 e. The lowest BCUT2D eigenvalue weighted by molar-refractivity contribution is 0.453. The monoisotopic (exact) mass is 275 g/mol. The molecule has 2 N–H and O–H groups in total. The van der Waals surface area contributed by atoms with E-state index in [9.17, 15) is 0 Å². The lowest BCUT2D eigenvalue weighted by Gasteiger charge is -2.13. The molecule has 0 amide bonds. The molecule has 0 aromatic carbocycles. The molecule has 0 saturated heterocycles. The molecule has 2 aromatic rings. The summed E-state index contributed by atoms with van der Waals surface area (Å²) in [6.45, 7) is 8.78. The zero-order valence-electron chi connectivity index (χ0n) is 12.4. The second kappa shape index (κ2) is 6.36. The molecule has 0 fully saturated rings. The first-order valence-corrected chi connectivity index (χ1v) is 6.87. The Morgan fingerprint density at radius 2 is 2.10 bits per heavy atom. The maximum atomic E-state index is 5.51. The van der Waals surface area contributed by atoms with Gasteiger partial charge in [0.2, 0.25) is 11.8 Å². The average Bonchev–Trinajstić information content (AvgIpc) is 2.82. The van der Waals surface area contributed by atoms with Crippen molar-refractivity contribution in [3.63, 3.8) is 0 Å². The number of oxazole rings is 1. The molecule has 1 unspecified atom stereocenters. The summed E-state index contributed by atoms with van der Waals surface area (Å²) in [5.74, 6) is 2.87. The van der Waals surface area contributed by atoms with Gasteiger partial charge in [-0.1, -0.05) is 6.92 Å². The number of anilines is 2. The van der Waals surface area contributed by atoms with Crippen LogP contribution in [0.4, 0.5) is 11.8 Å². The van der Waals surface area contributed by atoms with Gasteiger partial charge in [0.05, 0.1) is 6.20 Å². The molecular formula is C14H21N5O. The number of nitrogens with one attached hydrogen (secondary N) is 2. The number of rotatable bonds is 6. The maximum absolute atomic E-state index is 5.51. The van der Waals surface area contributed by atoms with Crippen LogP contribution in [0.5, 0.6) is 0 Å². The molecular weight excluding hydrogens is 254 g/mol. The van der Waals surface area contributed by atoms with Crippen LogP contribution in [0.3, 0.4) is 0 Å². The standard InChI is InChI=1S/C14H21N5O/c1-5-6-15-14-17-9(2)7-12(19-14)18-11(4)13-16-8-10(3)20-13/h7-8,11H,5-6H2,1-4H3,(H2,15,17,18,19).